The third kappa shape index (κ3) is 5.74. The van der Waals surface area contributed by atoms with E-state index in [0.29, 0.717) is 0 Å². The number of aromatic hydroxyl groups is 1. The second kappa shape index (κ2) is 8.57. The number of phosphoric ester groups is 1. The van der Waals surface area contributed by atoms with Gasteiger partial charge in [0, 0.05) is 0 Å². The quantitative estimate of drug-likeness (QED) is 0.207. The Bertz CT molecular complexity index is 1200. The predicted octanol–water partition coefficient (Wildman–Crippen LogP) is -0.556. The summed E-state index contributed by atoms with van der Waals surface area (Å²) in [6, 6.07) is 0. The minimum atomic E-state index is -5.77. The van der Waals surface area contributed by atoms with E-state index < -0.39 is 60.1 Å². The Balaban J connectivity index is 1.77. The fraction of sp³-hybridized carbons (Fsp3) is 0.545. The number of ether oxygens (including phenoxy) is 1. The minimum absolute atomic E-state index is 0.171. The van der Waals surface area contributed by atoms with Crippen LogP contribution in [0.4, 0.5) is 10.3 Å². The molecule has 8 N–H and O–H groups in total. The number of alkyl halides is 1. The number of nitrogens with two attached hydrogens (primary N) is 1. The van der Waals surface area contributed by atoms with Crippen LogP contribution in [0.5, 0.6) is 5.88 Å². The molecule has 1 aliphatic rings. The number of halogens is 1. The number of phosphoric acid groups is 3. The number of imidazole rings is 1. The maximum absolute atomic E-state index is 15.3. The van der Waals surface area contributed by atoms with Crippen LogP contribution in [0.1, 0.15) is 13.2 Å². The number of aliphatic hydroxyl groups is 1. The SMILES string of the molecule is CC1(F)C(O)[C@@H](COP(=O)(O)OP(=O)(O)OP(=O)(O)O)O[C@H]1n1cnc2c(O)nc(N)nc21. The highest BCUT2D eigenvalue weighted by Crippen LogP contribution is 2.66. The van der Waals surface area contributed by atoms with Gasteiger partial charge in [-0.1, -0.05) is 0 Å². The number of anilines is 1. The van der Waals surface area contributed by atoms with Crippen LogP contribution in [0, 0.1) is 0 Å². The molecule has 0 aliphatic carbocycles. The Morgan fingerprint density at radius 3 is 2.45 bits per heavy atom. The molecule has 0 spiro atoms. The van der Waals surface area contributed by atoms with Gasteiger partial charge in [0.1, 0.15) is 12.2 Å². The van der Waals surface area contributed by atoms with E-state index >= 15 is 4.39 Å². The number of hydrogen-bond donors (Lipinski definition) is 7. The molecule has 6 atom stereocenters. The van der Waals surface area contributed by atoms with Crippen molar-refractivity contribution >= 4 is 40.6 Å². The van der Waals surface area contributed by atoms with Crippen molar-refractivity contribution in [1.29, 1.82) is 0 Å². The molecule has 0 amide bonds. The van der Waals surface area contributed by atoms with Crippen molar-refractivity contribution in [3.05, 3.63) is 6.33 Å². The summed E-state index contributed by atoms with van der Waals surface area (Å²) in [5, 5.41) is 20.1. The third-order valence-electron chi connectivity index (χ3n) is 4.21. The molecule has 0 radical (unpaired) electrons. The fourth-order valence-corrected chi connectivity index (χ4v) is 5.94. The first-order chi connectivity index (χ1) is 14.9. The van der Waals surface area contributed by atoms with Crippen LogP contribution in [-0.4, -0.2) is 73.8 Å². The topological polar surface area (TPSA) is 279 Å². The lowest BCUT2D eigenvalue weighted by atomic mass is 9.98. The fourth-order valence-electron chi connectivity index (χ4n) is 2.91. The van der Waals surface area contributed by atoms with Crippen LogP contribution in [0.25, 0.3) is 11.2 Å². The number of aliphatic hydroxyl groups excluding tert-OH is 1. The highest BCUT2D eigenvalue weighted by atomic mass is 31.3. The lowest BCUT2D eigenvalue weighted by Crippen LogP contribution is -2.40. The molecule has 1 fully saturated rings. The Morgan fingerprint density at radius 1 is 1.21 bits per heavy atom. The average molecular weight is 539 g/mol. The second-order valence-electron chi connectivity index (χ2n) is 6.74. The Labute approximate surface area is 182 Å². The van der Waals surface area contributed by atoms with E-state index in [9.17, 15) is 28.8 Å². The number of hydrogen-bond acceptors (Lipinski definition) is 13. The molecule has 2 aromatic rings. The molecule has 2 aromatic heterocycles. The van der Waals surface area contributed by atoms with E-state index in [0.717, 1.165) is 17.8 Å². The summed E-state index contributed by atoms with van der Waals surface area (Å²) < 4.78 is 66.9. The summed E-state index contributed by atoms with van der Waals surface area (Å²) in [6.07, 6.45) is -4.38. The molecular formula is C11H17FN5O13P3. The van der Waals surface area contributed by atoms with E-state index in [1.54, 1.807) is 0 Å². The van der Waals surface area contributed by atoms with Gasteiger partial charge >= 0.3 is 23.5 Å². The number of nitrogen functional groups attached to an aromatic ring is 1. The largest absolute Gasteiger partial charge is 0.492 e. The number of fused-ring (bicyclic) bond motifs is 1. The van der Waals surface area contributed by atoms with Crippen LogP contribution < -0.4 is 5.73 Å². The van der Waals surface area contributed by atoms with Gasteiger partial charge in [-0.25, -0.2) is 23.1 Å². The van der Waals surface area contributed by atoms with Crippen LogP contribution in [0.15, 0.2) is 6.33 Å². The van der Waals surface area contributed by atoms with Gasteiger partial charge in [0.15, 0.2) is 23.1 Å². The lowest BCUT2D eigenvalue weighted by Gasteiger charge is -2.24. The highest BCUT2D eigenvalue weighted by Gasteiger charge is 2.56. The van der Waals surface area contributed by atoms with E-state index in [1.807, 2.05) is 0 Å². The number of aromatic nitrogens is 4. The van der Waals surface area contributed by atoms with E-state index in [4.69, 9.17) is 25.2 Å². The molecule has 1 saturated heterocycles. The second-order valence-corrected chi connectivity index (χ2v) is 11.2. The molecule has 4 unspecified atom stereocenters. The molecule has 0 bridgehead atoms. The molecule has 3 heterocycles. The standard InChI is InChI=1S/C11H17FN5O13P3/c1-11(12)6(18)4(2-27-32(23,24)30-33(25,26)29-31(20,21)22)28-9(11)17-3-14-5-7(17)15-10(13)16-8(5)19/h3-4,6,9,18H,2H2,1H3,(H,23,24)(H,25,26)(H2,20,21,22)(H3,13,15,16,19)/t4-,6?,9-,11?/m1/s1. The first-order valence-corrected chi connectivity index (χ1v) is 12.9. The van der Waals surface area contributed by atoms with Crippen LogP contribution in [-0.2, 0) is 31.6 Å². The van der Waals surface area contributed by atoms with Crippen molar-refractivity contribution in [2.45, 2.75) is 31.0 Å². The molecule has 33 heavy (non-hydrogen) atoms. The van der Waals surface area contributed by atoms with E-state index in [2.05, 4.69) is 28.1 Å². The van der Waals surface area contributed by atoms with Crippen molar-refractivity contribution < 1.29 is 65.8 Å². The minimum Gasteiger partial charge on any atom is -0.492 e. The Kier molecular flexibility index (Phi) is 6.76. The van der Waals surface area contributed by atoms with Crippen molar-refractivity contribution in [2.24, 2.45) is 0 Å². The lowest BCUT2D eigenvalue weighted by molar-refractivity contribution is -0.0560. The normalized spacial score (nSPS) is 29.7. The summed E-state index contributed by atoms with van der Waals surface area (Å²) >= 11 is 0. The highest BCUT2D eigenvalue weighted by molar-refractivity contribution is 7.66. The Hall–Kier alpha value is -1.59. The summed E-state index contributed by atoms with van der Waals surface area (Å²) in [7, 11) is -16.9. The van der Waals surface area contributed by atoms with Crippen LogP contribution in [0.2, 0.25) is 0 Å². The molecule has 3 rings (SSSR count). The molecule has 18 nitrogen and oxygen atoms in total. The van der Waals surface area contributed by atoms with Crippen molar-refractivity contribution in [2.75, 3.05) is 12.3 Å². The molecule has 22 heteroatoms. The van der Waals surface area contributed by atoms with Crippen LogP contribution >= 0.6 is 23.5 Å². The first-order valence-electron chi connectivity index (χ1n) is 8.42. The van der Waals surface area contributed by atoms with E-state index in [1.165, 1.54) is 0 Å². The smallest absolute Gasteiger partial charge is 0.490 e. The zero-order valence-corrected chi connectivity index (χ0v) is 18.8. The van der Waals surface area contributed by atoms with Gasteiger partial charge in [-0.2, -0.15) is 18.6 Å². The van der Waals surface area contributed by atoms with Gasteiger partial charge in [-0.3, -0.25) is 9.09 Å². The van der Waals surface area contributed by atoms with E-state index in [-0.39, 0.29) is 17.1 Å². The monoisotopic (exact) mass is 539 g/mol. The molecule has 186 valence electrons. The number of rotatable bonds is 8. The predicted molar refractivity (Wildman–Crippen MR) is 101 cm³/mol. The molecule has 1 aliphatic heterocycles. The van der Waals surface area contributed by atoms with Gasteiger partial charge in [-0.15, -0.1) is 0 Å². The maximum Gasteiger partial charge on any atom is 0.490 e. The van der Waals surface area contributed by atoms with Gasteiger partial charge in [-0.05, 0) is 6.92 Å². The summed E-state index contributed by atoms with van der Waals surface area (Å²) in [4.78, 5) is 46.8. The van der Waals surface area contributed by atoms with Crippen LogP contribution in [0.3, 0.4) is 0 Å². The zero-order chi connectivity index (χ0) is 25.0. The van der Waals surface area contributed by atoms with Gasteiger partial charge < -0.3 is 40.3 Å². The molecule has 0 saturated carbocycles. The van der Waals surface area contributed by atoms with Crippen molar-refractivity contribution in [3.8, 4) is 5.88 Å². The van der Waals surface area contributed by atoms with Gasteiger partial charge in [0.25, 0.3) is 0 Å². The summed E-state index contributed by atoms with van der Waals surface area (Å²) in [5.74, 6) is -0.996. The molecule has 0 aromatic carbocycles. The van der Waals surface area contributed by atoms with Crippen molar-refractivity contribution in [3.63, 3.8) is 0 Å². The Morgan fingerprint density at radius 2 is 1.85 bits per heavy atom. The average Bonchev–Trinajstić information content (AvgIpc) is 3.10. The third-order valence-corrected chi connectivity index (χ3v) is 8.01. The van der Waals surface area contributed by atoms with Gasteiger partial charge in [0.2, 0.25) is 11.8 Å². The summed E-state index contributed by atoms with van der Waals surface area (Å²) in [6.45, 7) is -0.195. The van der Waals surface area contributed by atoms with Gasteiger partial charge in [0.05, 0.1) is 12.9 Å². The zero-order valence-electron chi connectivity index (χ0n) is 16.1. The maximum atomic E-state index is 15.3. The molecular weight excluding hydrogens is 522 g/mol. The first kappa shape index (κ1) is 26.0. The van der Waals surface area contributed by atoms with Crippen molar-refractivity contribution in [1.82, 2.24) is 19.5 Å². The number of nitrogens with zero attached hydrogens (tertiary/aromatic N) is 4. The summed E-state index contributed by atoms with van der Waals surface area (Å²) in [5.41, 5.74) is 2.51.